The fourth-order valence-corrected chi connectivity index (χ4v) is 4.35. The Morgan fingerprint density at radius 3 is 2.77 bits per heavy atom. The molecule has 2 aromatic heterocycles. The normalized spacial score (nSPS) is 24.0. The van der Waals surface area contributed by atoms with Crippen molar-refractivity contribution in [3.05, 3.63) is 29.7 Å². The van der Waals surface area contributed by atoms with Crippen LogP contribution in [0.25, 0.3) is 11.3 Å². The van der Waals surface area contributed by atoms with E-state index in [4.69, 9.17) is 12.2 Å². The van der Waals surface area contributed by atoms with E-state index in [1.807, 2.05) is 11.7 Å². The predicted molar refractivity (Wildman–Crippen MR) is 115 cm³/mol. The third-order valence-corrected chi connectivity index (χ3v) is 6.49. The standard InChI is InChI=1S/C23H31FN6/c1-3-4-5-12-26-17-8-10-23(25,11-9-17)22-27-15-19(24)21(29-22)18-14-28-30(2)20(18)13-16-6-7-16/h1,14-17,26H,4-13,25H2,2H3. The van der Waals surface area contributed by atoms with E-state index in [0.29, 0.717) is 23.5 Å². The van der Waals surface area contributed by atoms with Gasteiger partial charge in [-0.25, -0.2) is 14.4 Å². The van der Waals surface area contributed by atoms with Gasteiger partial charge in [-0.3, -0.25) is 4.68 Å². The van der Waals surface area contributed by atoms with Gasteiger partial charge in [0.2, 0.25) is 0 Å². The van der Waals surface area contributed by atoms with Crippen molar-refractivity contribution in [2.24, 2.45) is 18.7 Å². The highest BCUT2D eigenvalue weighted by atomic mass is 19.1. The first-order chi connectivity index (χ1) is 14.5. The number of hydrogen-bond acceptors (Lipinski definition) is 5. The van der Waals surface area contributed by atoms with E-state index in [0.717, 1.165) is 62.7 Å². The molecule has 30 heavy (non-hydrogen) atoms. The molecule has 2 aromatic rings. The van der Waals surface area contributed by atoms with Gasteiger partial charge in [0.15, 0.2) is 5.82 Å². The number of halogens is 1. The lowest BCUT2D eigenvalue weighted by molar-refractivity contribution is 0.241. The van der Waals surface area contributed by atoms with E-state index in [9.17, 15) is 4.39 Å². The van der Waals surface area contributed by atoms with Crippen LogP contribution in [0.1, 0.15) is 62.9 Å². The Morgan fingerprint density at radius 2 is 2.07 bits per heavy atom. The molecule has 0 radical (unpaired) electrons. The summed E-state index contributed by atoms with van der Waals surface area (Å²) in [5.74, 6) is 3.46. The van der Waals surface area contributed by atoms with Crippen LogP contribution in [0.3, 0.4) is 0 Å². The minimum Gasteiger partial charge on any atom is -0.319 e. The number of terminal acetylenes is 1. The van der Waals surface area contributed by atoms with E-state index >= 15 is 0 Å². The molecule has 4 rings (SSSR count). The molecule has 0 spiro atoms. The zero-order valence-corrected chi connectivity index (χ0v) is 17.7. The van der Waals surface area contributed by atoms with Crippen LogP contribution in [-0.4, -0.2) is 32.3 Å². The third-order valence-electron chi connectivity index (χ3n) is 6.49. The highest BCUT2D eigenvalue weighted by Gasteiger charge is 2.36. The molecule has 0 atom stereocenters. The summed E-state index contributed by atoms with van der Waals surface area (Å²) < 4.78 is 16.6. The van der Waals surface area contributed by atoms with E-state index in [-0.39, 0.29) is 0 Å². The minimum atomic E-state index is -0.627. The maximum atomic E-state index is 14.7. The lowest BCUT2D eigenvalue weighted by atomic mass is 9.79. The molecule has 0 aromatic carbocycles. The van der Waals surface area contributed by atoms with Crippen LogP contribution in [-0.2, 0) is 19.0 Å². The second kappa shape index (κ2) is 8.83. The van der Waals surface area contributed by atoms with E-state index < -0.39 is 11.4 Å². The smallest absolute Gasteiger partial charge is 0.167 e. The molecule has 0 unspecified atom stereocenters. The Balaban J connectivity index is 1.49. The fraction of sp³-hybridized carbons (Fsp3) is 0.609. The van der Waals surface area contributed by atoms with Crippen LogP contribution in [0.4, 0.5) is 4.39 Å². The molecule has 2 saturated carbocycles. The summed E-state index contributed by atoms with van der Waals surface area (Å²) in [5, 5.41) is 7.93. The molecule has 7 heteroatoms. The average Bonchev–Trinajstić information content (AvgIpc) is 3.50. The van der Waals surface area contributed by atoms with Crippen molar-refractivity contribution in [1.29, 1.82) is 0 Å². The van der Waals surface area contributed by atoms with Gasteiger partial charge in [0.05, 0.1) is 17.9 Å². The van der Waals surface area contributed by atoms with Gasteiger partial charge >= 0.3 is 0 Å². The van der Waals surface area contributed by atoms with Crippen LogP contribution in [0.15, 0.2) is 12.4 Å². The number of nitrogens with two attached hydrogens (primary N) is 1. The molecule has 0 amide bonds. The van der Waals surface area contributed by atoms with Crippen LogP contribution in [0.2, 0.25) is 0 Å². The molecule has 0 bridgehead atoms. The van der Waals surface area contributed by atoms with Crippen molar-refractivity contribution in [3.8, 4) is 23.6 Å². The summed E-state index contributed by atoms with van der Waals surface area (Å²) in [6.45, 7) is 0.925. The molecule has 2 aliphatic rings. The number of aromatic nitrogens is 4. The Labute approximate surface area is 177 Å². The third kappa shape index (κ3) is 4.55. The van der Waals surface area contributed by atoms with Crippen molar-refractivity contribution < 1.29 is 4.39 Å². The molecule has 160 valence electrons. The number of unbranched alkanes of at least 4 members (excludes halogenated alkanes) is 1. The largest absolute Gasteiger partial charge is 0.319 e. The number of aryl methyl sites for hydroxylation is 1. The Bertz CT molecular complexity index is 918. The Hall–Kier alpha value is -2.30. The van der Waals surface area contributed by atoms with Crippen molar-refractivity contribution in [2.75, 3.05) is 6.54 Å². The van der Waals surface area contributed by atoms with Crippen LogP contribution in [0.5, 0.6) is 0 Å². The summed E-state index contributed by atoms with van der Waals surface area (Å²) in [5.41, 5.74) is 8.22. The molecular weight excluding hydrogens is 379 g/mol. The molecular formula is C23H31FN6. The van der Waals surface area contributed by atoms with E-state index in [1.54, 1.807) is 6.20 Å². The van der Waals surface area contributed by atoms with Gasteiger partial charge < -0.3 is 11.1 Å². The highest BCUT2D eigenvalue weighted by molar-refractivity contribution is 5.62. The number of nitrogens with zero attached hydrogens (tertiary/aromatic N) is 4. The van der Waals surface area contributed by atoms with Crippen molar-refractivity contribution in [1.82, 2.24) is 25.1 Å². The first-order valence-electron chi connectivity index (χ1n) is 11.0. The lowest BCUT2D eigenvalue weighted by Crippen LogP contribution is -2.46. The zero-order valence-electron chi connectivity index (χ0n) is 17.7. The number of hydrogen-bond donors (Lipinski definition) is 2. The van der Waals surface area contributed by atoms with Gasteiger partial charge in [-0.1, -0.05) is 0 Å². The van der Waals surface area contributed by atoms with Crippen molar-refractivity contribution in [3.63, 3.8) is 0 Å². The SMILES string of the molecule is C#CCCCNC1CCC(N)(c2ncc(F)c(-c3cnn(C)c3CC3CC3)n2)CC1. The van der Waals surface area contributed by atoms with Gasteiger partial charge in [-0.2, -0.15) is 5.10 Å². The summed E-state index contributed by atoms with van der Waals surface area (Å²) in [6.07, 6.45) is 16.9. The van der Waals surface area contributed by atoms with Crippen LogP contribution >= 0.6 is 0 Å². The van der Waals surface area contributed by atoms with Crippen molar-refractivity contribution in [2.45, 2.75) is 69.4 Å². The summed E-state index contributed by atoms with van der Waals surface area (Å²) in [6, 6.07) is 0.433. The first kappa shape index (κ1) is 21.0. The van der Waals surface area contributed by atoms with E-state index in [2.05, 4.69) is 26.3 Å². The van der Waals surface area contributed by atoms with Gasteiger partial charge in [-0.15, -0.1) is 12.3 Å². The van der Waals surface area contributed by atoms with Gasteiger partial charge in [-0.05, 0) is 63.8 Å². The minimum absolute atomic E-state index is 0.322. The lowest BCUT2D eigenvalue weighted by Gasteiger charge is -2.36. The maximum Gasteiger partial charge on any atom is 0.167 e. The Morgan fingerprint density at radius 1 is 1.30 bits per heavy atom. The van der Waals surface area contributed by atoms with Gasteiger partial charge in [0, 0.05) is 30.8 Å². The second-order valence-corrected chi connectivity index (χ2v) is 8.86. The fourth-order valence-electron chi connectivity index (χ4n) is 4.35. The summed E-state index contributed by atoms with van der Waals surface area (Å²) in [4.78, 5) is 8.94. The molecule has 2 fully saturated rings. The van der Waals surface area contributed by atoms with Gasteiger partial charge in [0.1, 0.15) is 11.5 Å². The number of rotatable bonds is 8. The second-order valence-electron chi connectivity index (χ2n) is 8.86. The maximum absolute atomic E-state index is 14.7. The molecule has 0 aliphatic heterocycles. The topological polar surface area (TPSA) is 81.6 Å². The number of nitrogens with one attached hydrogen (secondary N) is 1. The average molecular weight is 411 g/mol. The summed E-state index contributed by atoms with van der Waals surface area (Å²) >= 11 is 0. The first-order valence-corrected chi connectivity index (χ1v) is 11.0. The molecule has 6 nitrogen and oxygen atoms in total. The molecule has 2 heterocycles. The monoisotopic (exact) mass is 410 g/mol. The molecule has 2 aliphatic carbocycles. The molecule has 3 N–H and O–H groups in total. The predicted octanol–water partition coefficient (Wildman–Crippen LogP) is 3.07. The van der Waals surface area contributed by atoms with E-state index in [1.165, 1.54) is 19.0 Å². The highest BCUT2D eigenvalue weighted by Crippen LogP contribution is 2.37. The van der Waals surface area contributed by atoms with Crippen LogP contribution in [0, 0.1) is 24.1 Å². The molecule has 0 saturated heterocycles. The van der Waals surface area contributed by atoms with Crippen LogP contribution < -0.4 is 11.1 Å². The zero-order chi connectivity index (χ0) is 21.1. The quantitative estimate of drug-likeness (QED) is 0.516. The van der Waals surface area contributed by atoms with Crippen molar-refractivity contribution >= 4 is 0 Å². The van der Waals surface area contributed by atoms with Gasteiger partial charge in [0.25, 0.3) is 0 Å². The Kier molecular flexibility index (Phi) is 6.16. The summed E-state index contributed by atoms with van der Waals surface area (Å²) in [7, 11) is 1.91.